The van der Waals surface area contributed by atoms with Crippen molar-refractivity contribution >= 4 is 23.0 Å². The molecule has 1 aliphatic heterocycles. The van der Waals surface area contributed by atoms with Crippen molar-refractivity contribution in [2.75, 3.05) is 10.2 Å². The number of hydrogen-bond acceptors (Lipinski definition) is 3. The zero-order valence-electron chi connectivity index (χ0n) is 14.3. The third kappa shape index (κ3) is 2.92. The lowest BCUT2D eigenvalue weighted by Gasteiger charge is -2.23. The molecule has 1 atom stereocenters. The number of pyridine rings is 1. The molecule has 0 radical (unpaired) electrons. The van der Waals surface area contributed by atoms with Crippen molar-refractivity contribution in [3.63, 3.8) is 0 Å². The third-order valence-corrected chi connectivity index (χ3v) is 4.56. The number of nitrogens with zero attached hydrogens (tertiary/aromatic N) is 2. The van der Waals surface area contributed by atoms with Gasteiger partial charge in [0.25, 0.3) is 5.91 Å². The lowest BCUT2D eigenvalue weighted by molar-refractivity contribution is 0.0981. The molecule has 0 fully saturated rings. The van der Waals surface area contributed by atoms with Crippen LogP contribution in [-0.4, -0.2) is 16.9 Å². The van der Waals surface area contributed by atoms with E-state index in [2.05, 4.69) is 10.3 Å². The Kier molecular flexibility index (Phi) is 4.13. The predicted molar refractivity (Wildman–Crippen MR) is 100 cm³/mol. The van der Waals surface area contributed by atoms with E-state index in [4.69, 9.17) is 0 Å². The number of carbonyl (C=O) groups is 1. The van der Waals surface area contributed by atoms with Crippen molar-refractivity contribution in [2.24, 2.45) is 0 Å². The van der Waals surface area contributed by atoms with Crippen LogP contribution < -0.4 is 10.2 Å². The van der Waals surface area contributed by atoms with Crippen LogP contribution in [0.3, 0.4) is 0 Å². The number of anilines is 3. The summed E-state index contributed by atoms with van der Waals surface area (Å²) in [6.45, 7) is 2.03. The Balaban J connectivity index is 1.63. The monoisotopic (exact) mass is 347 g/mol. The molecular formula is C21H18FN3O. The number of hydrogen-bond donors (Lipinski definition) is 1. The molecule has 2 heterocycles. The Morgan fingerprint density at radius 2 is 1.92 bits per heavy atom. The molecule has 5 heteroatoms. The molecule has 0 saturated heterocycles. The van der Waals surface area contributed by atoms with Crippen molar-refractivity contribution < 1.29 is 9.18 Å². The van der Waals surface area contributed by atoms with E-state index in [1.54, 1.807) is 41.6 Å². The number of nitrogens with one attached hydrogen (secondary N) is 1. The largest absolute Gasteiger partial charge is 0.352 e. The van der Waals surface area contributed by atoms with Crippen LogP contribution in [0.25, 0.3) is 0 Å². The first-order valence-corrected chi connectivity index (χ1v) is 8.51. The lowest BCUT2D eigenvalue weighted by atomic mass is 10.1. The maximum atomic E-state index is 13.8. The summed E-state index contributed by atoms with van der Waals surface area (Å²) in [4.78, 5) is 19.0. The van der Waals surface area contributed by atoms with Gasteiger partial charge in [0, 0.05) is 17.9 Å². The van der Waals surface area contributed by atoms with Crippen LogP contribution in [-0.2, 0) is 6.42 Å². The van der Waals surface area contributed by atoms with E-state index in [9.17, 15) is 9.18 Å². The van der Waals surface area contributed by atoms with Crippen LogP contribution in [0.5, 0.6) is 0 Å². The number of para-hydroxylation sites is 2. The Morgan fingerprint density at radius 1 is 1.15 bits per heavy atom. The second-order valence-corrected chi connectivity index (χ2v) is 6.42. The van der Waals surface area contributed by atoms with E-state index in [0.29, 0.717) is 16.9 Å². The molecule has 1 unspecified atom stereocenters. The van der Waals surface area contributed by atoms with Crippen LogP contribution >= 0.6 is 0 Å². The summed E-state index contributed by atoms with van der Waals surface area (Å²) < 4.78 is 13.8. The third-order valence-electron chi connectivity index (χ3n) is 4.56. The van der Waals surface area contributed by atoms with Gasteiger partial charge >= 0.3 is 0 Å². The highest BCUT2D eigenvalue weighted by atomic mass is 19.1. The molecule has 4 rings (SSSR count). The molecule has 1 amide bonds. The normalized spacial score (nSPS) is 15.6. The Hall–Kier alpha value is -3.21. The summed E-state index contributed by atoms with van der Waals surface area (Å²) >= 11 is 0. The first-order chi connectivity index (χ1) is 12.6. The smallest absolute Gasteiger partial charge is 0.260 e. The minimum absolute atomic E-state index is 0.0862. The van der Waals surface area contributed by atoms with E-state index >= 15 is 0 Å². The molecule has 0 bridgehead atoms. The maximum absolute atomic E-state index is 13.8. The van der Waals surface area contributed by atoms with Crippen LogP contribution in [0.4, 0.5) is 21.5 Å². The van der Waals surface area contributed by atoms with Crippen LogP contribution in [0.2, 0.25) is 0 Å². The second-order valence-electron chi connectivity index (χ2n) is 6.42. The van der Waals surface area contributed by atoms with Gasteiger partial charge in [0.1, 0.15) is 5.82 Å². The molecule has 1 aliphatic rings. The second kappa shape index (κ2) is 6.59. The lowest BCUT2D eigenvalue weighted by Crippen LogP contribution is -2.35. The van der Waals surface area contributed by atoms with Crippen molar-refractivity contribution in [3.8, 4) is 0 Å². The van der Waals surface area contributed by atoms with E-state index in [-0.39, 0.29) is 17.8 Å². The summed E-state index contributed by atoms with van der Waals surface area (Å²) in [6, 6.07) is 16.1. The number of carbonyl (C=O) groups excluding carboxylic acids is 1. The number of fused-ring (bicyclic) bond motifs is 1. The molecule has 130 valence electrons. The molecule has 2 aromatic carbocycles. The first kappa shape index (κ1) is 16.3. The van der Waals surface area contributed by atoms with Gasteiger partial charge in [-0.2, -0.15) is 0 Å². The van der Waals surface area contributed by atoms with Gasteiger partial charge in [0.2, 0.25) is 0 Å². The fourth-order valence-electron chi connectivity index (χ4n) is 3.36. The zero-order chi connectivity index (χ0) is 18.1. The van der Waals surface area contributed by atoms with Crippen molar-refractivity contribution in [3.05, 3.63) is 83.9 Å². The van der Waals surface area contributed by atoms with Gasteiger partial charge < -0.3 is 10.2 Å². The summed E-state index contributed by atoms with van der Waals surface area (Å²) in [6.07, 6.45) is 3.95. The highest BCUT2D eigenvalue weighted by Gasteiger charge is 2.31. The van der Waals surface area contributed by atoms with Gasteiger partial charge in [0.15, 0.2) is 0 Å². The molecule has 3 aromatic rings. The fourth-order valence-corrected chi connectivity index (χ4v) is 3.36. The number of amides is 1. The predicted octanol–water partition coefficient (Wildman–Crippen LogP) is 4.56. The molecule has 1 aromatic heterocycles. The molecule has 0 aliphatic carbocycles. The van der Waals surface area contributed by atoms with Crippen molar-refractivity contribution in [1.82, 2.24) is 4.98 Å². The quantitative estimate of drug-likeness (QED) is 0.756. The van der Waals surface area contributed by atoms with Crippen LogP contribution in [0.15, 0.2) is 67.0 Å². The summed E-state index contributed by atoms with van der Waals surface area (Å²) in [5, 5.41) is 2.98. The van der Waals surface area contributed by atoms with Crippen molar-refractivity contribution in [1.29, 1.82) is 0 Å². The van der Waals surface area contributed by atoms with Gasteiger partial charge in [-0.05, 0) is 43.2 Å². The van der Waals surface area contributed by atoms with Gasteiger partial charge in [-0.15, -0.1) is 0 Å². The number of benzene rings is 2. The van der Waals surface area contributed by atoms with Crippen LogP contribution in [0.1, 0.15) is 22.8 Å². The maximum Gasteiger partial charge on any atom is 0.260 e. The Bertz CT molecular complexity index is 973. The van der Waals surface area contributed by atoms with Gasteiger partial charge in [-0.25, -0.2) is 4.39 Å². The SMILES string of the molecule is CC1Cc2ccccc2N1C(=O)c1cncc(Nc2ccccc2F)c1. The average molecular weight is 347 g/mol. The number of aromatic nitrogens is 1. The average Bonchev–Trinajstić information content (AvgIpc) is 2.99. The molecule has 4 nitrogen and oxygen atoms in total. The van der Waals surface area contributed by atoms with Crippen LogP contribution in [0, 0.1) is 5.82 Å². The molecule has 0 spiro atoms. The molecule has 1 N–H and O–H groups in total. The minimum atomic E-state index is -0.355. The fraction of sp³-hybridized carbons (Fsp3) is 0.143. The number of halogens is 1. The van der Waals surface area contributed by atoms with E-state index in [1.165, 1.54) is 11.6 Å². The summed E-state index contributed by atoms with van der Waals surface area (Å²) in [5.74, 6) is -0.460. The summed E-state index contributed by atoms with van der Waals surface area (Å²) in [7, 11) is 0. The minimum Gasteiger partial charge on any atom is -0.352 e. The Labute approximate surface area is 151 Å². The number of rotatable bonds is 3. The molecule has 0 saturated carbocycles. The van der Waals surface area contributed by atoms with E-state index < -0.39 is 0 Å². The molecule has 26 heavy (non-hydrogen) atoms. The van der Waals surface area contributed by atoms with Crippen molar-refractivity contribution in [2.45, 2.75) is 19.4 Å². The highest BCUT2D eigenvalue weighted by molar-refractivity contribution is 6.08. The van der Waals surface area contributed by atoms with Gasteiger partial charge in [-0.3, -0.25) is 9.78 Å². The summed E-state index contributed by atoms with van der Waals surface area (Å²) in [5.41, 5.74) is 3.49. The topological polar surface area (TPSA) is 45.2 Å². The first-order valence-electron chi connectivity index (χ1n) is 8.51. The zero-order valence-corrected chi connectivity index (χ0v) is 14.3. The van der Waals surface area contributed by atoms with Gasteiger partial charge in [0.05, 0.1) is 23.1 Å². The Morgan fingerprint density at radius 3 is 2.77 bits per heavy atom. The molecular weight excluding hydrogens is 329 g/mol. The van der Waals surface area contributed by atoms with Gasteiger partial charge in [-0.1, -0.05) is 30.3 Å². The standard InChI is InChI=1S/C21H18FN3O/c1-14-10-15-6-2-5-9-20(15)25(14)21(26)16-11-17(13-23-12-16)24-19-8-4-3-7-18(19)22/h2-9,11-14,24H,10H2,1H3. The van der Waals surface area contributed by atoms with E-state index in [0.717, 1.165) is 12.1 Å². The van der Waals surface area contributed by atoms with E-state index in [1.807, 2.05) is 31.2 Å². The highest BCUT2D eigenvalue weighted by Crippen LogP contribution is 2.33.